The van der Waals surface area contributed by atoms with Gasteiger partial charge >= 0.3 is 5.97 Å². The zero-order valence-electron chi connectivity index (χ0n) is 12.7. The third-order valence-corrected chi connectivity index (χ3v) is 4.10. The van der Waals surface area contributed by atoms with Crippen molar-refractivity contribution in [3.05, 3.63) is 35.9 Å². The van der Waals surface area contributed by atoms with Crippen molar-refractivity contribution < 1.29 is 19.4 Å². The number of carboxylic acids is 1. The molecule has 1 aliphatic heterocycles. The number of amides is 1. The fourth-order valence-electron chi connectivity index (χ4n) is 2.70. The molecule has 1 saturated heterocycles. The lowest BCUT2D eigenvalue weighted by atomic mass is 9.90. The van der Waals surface area contributed by atoms with Gasteiger partial charge in [0.1, 0.15) is 5.54 Å². The van der Waals surface area contributed by atoms with E-state index >= 15 is 0 Å². The van der Waals surface area contributed by atoms with Crippen LogP contribution in [0, 0.1) is 0 Å². The number of hydrogen-bond donors (Lipinski definition) is 2. The number of ether oxygens (including phenoxy) is 1. The molecule has 5 heteroatoms. The summed E-state index contributed by atoms with van der Waals surface area (Å²) in [5.41, 5.74) is 0.115. The molecule has 0 atom stereocenters. The number of aryl methyl sites for hydroxylation is 1. The zero-order chi connectivity index (χ0) is 15.8. The van der Waals surface area contributed by atoms with Crippen LogP contribution in [0.4, 0.5) is 0 Å². The van der Waals surface area contributed by atoms with Gasteiger partial charge in [-0.15, -0.1) is 0 Å². The number of aliphatic carboxylic acids is 1. The average molecular weight is 305 g/mol. The van der Waals surface area contributed by atoms with Crippen molar-refractivity contribution in [1.29, 1.82) is 0 Å². The van der Waals surface area contributed by atoms with Gasteiger partial charge in [-0.3, -0.25) is 4.79 Å². The fourth-order valence-corrected chi connectivity index (χ4v) is 2.70. The highest BCUT2D eigenvalue weighted by Crippen LogP contribution is 2.21. The van der Waals surface area contributed by atoms with Crippen molar-refractivity contribution in [1.82, 2.24) is 5.32 Å². The SMILES string of the molecule is O=C(CCCCc1ccccc1)NC1(C(=O)O)CCOCC1. The molecule has 0 unspecified atom stereocenters. The molecular weight excluding hydrogens is 282 g/mol. The van der Waals surface area contributed by atoms with Crippen LogP contribution in [0.2, 0.25) is 0 Å². The van der Waals surface area contributed by atoms with Gasteiger partial charge in [-0.2, -0.15) is 0 Å². The molecule has 0 aliphatic carbocycles. The van der Waals surface area contributed by atoms with Crippen LogP contribution in [0.5, 0.6) is 0 Å². The van der Waals surface area contributed by atoms with E-state index in [1.165, 1.54) is 5.56 Å². The zero-order valence-corrected chi connectivity index (χ0v) is 12.7. The van der Waals surface area contributed by atoms with Gasteiger partial charge in [-0.25, -0.2) is 4.79 Å². The Morgan fingerprint density at radius 1 is 1.14 bits per heavy atom. The minimum atomic E-state index is -1.14. The Morgan fingerprint density at radius 3 is 2.45 bits per heavy atom. The molecule has 2 N–H and O–H groups in total. The molecule has 1 amide bonds. The second kappa shape index (κ2) is 7.94. The van der Waals surface area contributed by atoms with Crippen LogP contribution in [0.15, 0.2) is 30.3 Å². The third-order valence-electron chi connectivity index (χ3n) is 4.10. The second-order valence-corrected chi connectivity index (χ2v) is 5.74. The quantitative estimate of drug-likeness (QED) is 0.757. The first-order valence-electron chi connectivity index (χ1n) is 7.78. The Labute approximate surface area is 130 Å². The summed E-state index contributed by atoms with van der Waals surface area (Å²) in [6, 6.07) is 10.1. The van der Waals surface area contributed by atoms with Gasteiger partial charge in [-0.1, -0.05) is 30.3 Å². The molecule has 1 heterocycles. The summed E-state index contributed by atoms with van der Waals surface area (Å²) in [4.78, 5) is 23.5. The number of hydrogen-bond acceptors (Lipinski definition) is 3. The van der Waals surface area contributed by atoms with Gasteiger partial charge in [0.2, 0.25) is 5.91 Å². The largest absolute Gasteiger partial charge is 0.480 e. The Hall–Kier alpha value is -1.88. The highest BCUT2D eigenvalue weighted by Gasteiger charge is 2.41. The van der Waals surface area contributed by atoms with E-state index in [-0.39, 0.29) is 5.91 Å². The summed E-state index contributed by atoms with van der Waals surface area (Å²) >= 11 is 0. The lowest BCUT2D eigenvalue weighted by molar-refractivity contribution is -0.152. The maximum absolute atomic E-state index is 12.0. The first kappa shape index (κ1) is 16.5. The summed E-state index contributed by atoms with van der Waals surface area (Å²) in [5.74, 6) is -1.15. The molecule has 22 heavy (non-hydrogen) atoms. The molecule has 2 rings (SSSR count). The van der Waals surface area contributed by atoms with Crippen LogP contribution < -0.4 is 5.32 Å². The van der Waals surface area contributed by atoms with Gasteiger partial charge in [0, 0.05) is 32.5 Å². The van der Waals surface area contributed by atoms with E-state index in [4.69, 9.17) is 4.74 Å². The molecule has 0 aromatic heterocycles. The smallest absolute Gasteiger partial charge is 0.329 e. The summed E-state index contributed by atoms with van der Waals surface area (Å²) in [5, 5.41) is 12.1. The van der Waals surface area contributed by atoms with Crippen LogP contribution in [0.1, 0.15) is 37.7 Å². The highest BCUT2D eigenvalue weighted by atomic mass is 16.5. The average Bonchev–Trinajstić information content (AvgIpc) is 2.53. The minimum Gasteiger partial charge on any atom is -0.480 e. The molecule has 1 fully saturated rings. The van der Waals surface area contributed by atoms with Crippen molar-refractivity contribution in [2.45, 2.75) is 44.1 Å². The first-order valence-corrected chi connectivity index (χ1v) is 7.78. The van der Waals surface area contributed by atoms with E-state index in [9.17, 15) is 14.7 Å². The molecule has 5 nitrogen and oxygen atoms in total. The van der Waals surface area contributed by atoms with E-state index in [1.54, 1.807) is 0 Å². The standard InChI is InChI=1S/C17H23NO4/c19-15(9-5-4-8-14-6-2-1-3-7-14)18-17(16(20)21)10-12-22-13-11-17/h1-3,6-7H,4-5,8-13H2,(H,18,19)(H,20,21). The van der Waals surface area contributed by atoms with E-state index < -0.39 is 11.5 Å². The number of unbranched alkanes of at least 4 members (excludes halogenated alkanes) is 1. The van der Waals surface area contributed by atoms with Gasteiger partial charge < -0.3 is 15.2 Å². The Balaban J connectivity index is 1.73. The predicted molar refractivity (Wildman–Crippen MR) is 82.6 cm³/mol. The van der Waals surface area contributed by atoms with E-state index in [1.807, 2.05) is 18.2 Å². The monoisotopic (exact) mass is 305 g/mol. The Bertz CT molecular complexity index is 495. The maximum atomic E-state index is 12.0. The van der Waals surface area contributed by atoms with E-state index in [0.717, 1.165) is 19.3 Å². The van der Waals surface area contributed by atoms with Crippen molar-refractivity contribution in [2.24, 2.45) is 0 Å². The van der Waals surface area contributed by atoms with Crippen LogP contribution in [-0.4, -0.2) is 35.7 Å². The van der Waals surface area contributed by atoms with Crippen LogP contribution in [-0.2, 0) is 20.7 Å². The Morgan fingerprint density at radius 2 is 1.82 bits per heavy atom. The number of benzene rings is 1. The molecular formula is C17H23NO4. The number of carbonyl (C=O) groups excluding carboxylic acids is 1. The number of nitrogens with one attached hydrogen (secondary N) is 1. The molecule has 0 bridgehead atoms. The molecule has 1 aromatic rings. The molecule has 0 saturated carbocycles. The summed E-state index contributed by atoms with van der Waals surface area (Å²) in [6.07, 6.45) is 3.64. The topological polar surface area (TPSA) is 75.6 Å². The van der Waals surface area contributed by atoms with E-state index in [0.29, 0.717) is 32.5 Å². The first-order chi connectivity index (χ1) is 10.6. The van der Waals surface area contributed by atoms with Gasteiger partial charge in [0.15, 0.2) is 0 Å². The van der Waals surface area contributed by atoms with Crippen molar-refractivity contribution >= 4 is 11.9 Å². The number of carbonyl (C=O) groups is 2. The minimum absolute atomic E-state index is 0.183. The van der Waals surface area contributed by atoms with Crippen LogP contribution >= 0.6 is 0 Å². The van der Waals surface area contributed by atoms with Crippen LogP contribution in [0.3, 0.4) is 0 Å². The van der Waals surface area contributed by atoms with Crippen LogP contribution in [0.25, 0.3) is 0 Å². The summed E-state index contributed by atoms with van der Waals surface area (Å²) in [7, 11) is 0. The van der Waals surface area contributed by atoms with Gasteiger partial charge in [0.25, 0.3) is 0 Å². The highest BCUT2D eigenvalue weighted by molar-refractivity contribution is 5.87. The maximum Gasteiger partial charge on any atom is 0.329 e. The molecule has 120 valence electrons. The molecule has 0 spiro atoms. The normalized spacial score (nSPS) is 16.9. The Kier molecular flexibility index (Phi) is 5.95. The summed E-state index contributed by atoms with van der Waals surface area (Å²) in [6.45, 7) is 0.751. The molecule has 0 radical (unpaired) electrons. The summed E-state index contributed by atoms with van der Waals surface area (Å²) < 4.78 is 5.19. The van der Waals surface area contributed by atoms with Gasteiger partial charge in [-0.05, 0) is 24.8 Å². The molecule has 1 aromatic carbocycles. The second-order valence-electron chi connectivity index (χ2n) is 5.74. The van der Waals surface area contributed by atoms with Crippen molar-refractivity contribution in [2.75, 3.05) is 13.2 Å². The third kappa shape index (κ3) is 4.56. The molecule has 1 aliphatic rings. The number of carboxylic acid groups (broad SMARTS) is 1. The van der Waals surface area contributed by atoms with Gasteiger partial charge in [0.05, 0.1) is 0 Å². The lowest BCUT2D eigenvalue weighted by Gasteiger charge is -2.33. The number of rotatable bonds is 7. The van der Waals surface area contributed by atoms with Crippen molar-refractivity contribution in [3.8, 4) is 0 Å². The predicted octanol–water partition coefficient (Wildman–Crippen LogP) is 2.15. The van der Waals surface area contributed by atoms with E-state index in [2.05, 4.69) is 17.4 Å². The fraction of sp³-hybridized carbons (Fsp3) is 0.529. The lowest BCUT2D eigenvalue weighted by Crippen LogP contribution is -2.57. The van der Waals surface area contributed by atoms with Crippen molar-refractivity contribution in [3.63, 3.8) is 0 Å².